The number of aromatic hydroxyl groups is 1. The molecule has 0 unspecified atom stereocenters. The van der Waals surface area contributed by atoms with Crippen LogP contribution in [-0.2, 0) is 13.1 Å². The average molecular weight is 329 g/mol. The minimum atomic E-state index is -0.602. The number of anilines is 1. The van der Waals surface area contributed by atoms with Crippen LogP contribution in [0.25, 0.3) is 0 Å². The number of nitrogens with zero attached hydrogens (tertiary/aromatic N) is 2. The lowest BCUT2D eigenvalue weighted by atomic mass is 10.1. The molecule has 3 N–H and O–H groups in total. The van der Waals surface area contributed by atoms with Crippen molar-refractivity contribution in [1.82, 2.24) is 4.57 Å². The van der Waals surface area contributed by atoms with Crippen LogP contribution in [-0.4, -0.2) is 28.5 Å². The van der Waals surface area contributed by atoms with Crippen molar-refractivity contribution in [1.29, 1.82) is 5.26 Å². The molecule has 0 aliphatic carbocycles. The third kappa shape index (κ3) is 3.34. The third-order valence-corrected chi connectivity index (χ3v) is 3.81. The van der Waals surface area contributed by atoms with Crippen LogP contribution in [0.1, 0.15) is 16.7 Å². The van der Waals surface area contributed by atoms with Crippen LogP contribution < -0.4 is 15.6 Å². The molecule has 1 aromatic heterocycles. The molecule has 0 bridgehead atoms. The number of hydrogen-bond acceptors (Lipinski definition) is 6. The van der Waals surface area contributed by atoms with Crippen LogP contribution in [0.15, 0.2) is 29.1 Å². The summed E-state index contributed by atoms with van der Waals surface area (Å²) in [6.07, 6.45) is 0. The van der Waals surface area contributed by atoms with E-state index in [1.165, 1.54) is 0 Å². The monoisotopic (exact) mass is 329 g/mol. The zero-order chi connectivity index (χ0) is 17.7. The second-order valence-electron chi connectivity index (χ2n) is 5.18. The van der Waals surface area contributed by atoms with Crippen LogP contribution in [0.5, 0.6) is 11.6 Å². The summed E-state index contributed by atoms with van der Waals surface area (Å²) in [4.78, 5) is 12.2. The molecular formula is C17H19N3O4. The molecule has 2 aromatic rings. The Labute approximate surface area is 139 Å². The Morgan fingerprint density at radius 3 is 2.54 bits per heavy atom. The van der Waals surface area contributed by atoms with E-state index in [-0.39, 0.29) is 31.1 Å². The van der Waals surface area contributed by atoms with E-state index in [0.717, 1.165) is 16.0 Å². The van der Waals surface area contributed by atoms with Crippen LogP contribution >= 0.6 is 0 Å². The molecule has 0 amide bonds. The third-order valence-electron chi connectivity index (χ3n) is 3.81. The Morgan fingerprint density at radius 1 is 1.33 bits per heavy atom. The highest BCUT2D eigenvalue weighted by atomic mass is 16.5. The molecule has 0 fully saturated rings. The van der Waals surface area contributed by atoms with E-state index in [2.05, 4.69) is 5.32 Å². The molecule has 0 saturated heterocycles. The average Bonchev–Trinajstić information content (AvgIpc) is 2.59. The first-order chi connectivity index (χ1) is 11.5. The van der Waals surface area contributed by atoms with Crippen LogP contribution in [0, 0.1) is 18.3 Å². The molecule has 126 valence electrons. The predicted molar refractivity (Wildman–Crippen MR) is 89.2 cm³/mol. The van der Waals surface area contributed by atoms with Gasteiger partial charge in [0.15, 0.2) is 5.88 Å². The van der Waals surface area contributed by atoms with Gasteiger partial charge in [0.05, 0.1) is 20.3 Å². The van der Waals surface area contributed by atoms with Crippen molar-refractivity contribution in [2.75, 3.05) is 19.0 Å². The number of aliphatic hydroxyl groups excluding tert-OH is 1. The summed E-state index contributed by atoms with van der Waals surface area (Å²) in [6.45, 7) is 1.46. The molecule has 7 nitrogen and oxygen atoms in total. The van der Waals surface area contributed by atoms with Gasteiger partial charge >= 0.3 is 0 Å². The van der Waals surface area contributed by atoms with E-state index < -0.39 is 5.56 Å². The van der Waals surface area contributed by atoms with Crippen molar-refractivity contribution in [2.24, 2.45) is 0 Å². The van der Waals surface area contributed by atoms with Gasteiger partial charge < -0.3 is 20.3 Å². The quantitative estimate of drug-likeness (QED) is 0.738. The number of benzene rings is 1. The summed E-state index contributed by atoms with van der Waals surface area (Å²) in [6, 6.07) is 9.10. The van der Waals surface area contributed by atoms with E-state index in [1.807, 2.05) is 18.2 Å². The van der Waals surface area contributed by atoms with Gasteiger partial charge in [-0.25, -0.2) is 0 Å². The predicted octanol–water partition coefficient (Wildman–Crippen LogP) is 1.35. The van der Waals surface area contributed by atoms with E-state index >= 15 is 0 Å². The molecule has 24 heavy (non-hydrogen) atoms. The van der Waals surface area contributed by atoms with Gasteiger partial charge in [-0.15, -0.1) is 0 Å². The van der Waals surface area contributed by atoms with Gasteiger partial charge in [0.2, 0.25) is 0 Å². The maximum atomic E-state index is 12.2. The van der Waals surface area contributed by atoms with E-state index in [4.69, 9.17) is 9.84 Å². The molecule has 0 aliphatic rings. The lowest BCUT2D eigenvalue weighted by Crippen LogP contribution is -2.27. The molecule has 0 radical (unpaired) electrons. The van der Waals surface area contributed by atoms with Crippen molar-refractivity contribution < 1.29 is 14.9 Å². The second kappa shape index (κ2) is 7.53. The van der Waals surface area contributed by atoms with Crippen molar-refractivity contribution in [2.45, 2.75) is 20.0 Å². The number of nitriles is 1. The van der Waals surface area contributed by atoms with Crippen molar-refractivity contribution in [3.8, 4) is 17.7 Å². The number of nitrogens with one attached hydrogen (secondary N) is 1. The summed E-state index contributed by atoms with van der Waals surface area (Å²) in [5.41, 5.74) is 1.03. The number of hydrogen-bond donors (Lipinski definition) is 3. The van der Waals surface area contributed by atoms with E-state index in [0.29, 0.717) is 11.1 Å². The van der Waals surface area contributed by atoms with Gasteiger partial charge in [-0.2, -0.15) is 5.26 Å². The lowest BCUT2D eigenvalue weighted by Gasteiger charge is -2.16. The molecule has 0 saturated carbocycles. The zero-order valence-corrected chi connectivity index (χ0v) is 13.5. The number of rotatable bonds is 6. The molecule has 1 heterocycles. The fourth-order valence-corrected chi connectivity index (χ4v) is 2.42. The minimum absolute atomic E-state index is 0.0345. The first-order valence-electron chi connectivity index (χ1n) is 7.37. The highest BCUT2D eigenvalue weighted by Crippen LogP contribution is 2.23. The SMILES string of the molecule is COc1ccc(NCc2c(C)c(C#N)c(=O)n(CCO)c2O)cc1. The lowest BCUT2D eigenvalue weighted by molar-refractivity contribution is 0.263. The van der Waals surface area contributed by atoms with Crippen molar-refractivity contribution in [3.05, 3.63) is 51.3 Å². The van der Waals surface area contributed by atoms with E-state index in [9.17, 15) is 15.2 Å². The van der Waals surface area contributed by atoms with Crippen molar-refractivity contribution >= 4 is 5.69 Å². The highest BCUT2D eigenvalue weighted by Gasteiger charge is 2.18. The smallest absolute Gasteiger partial charge is 0.271 e. The van der Waals surface area contributed by atoms with Gasteiger partial charge in [0.1, 0.15) is 17.4 Å². The fraction of sp³-hybridized carbons (Fsp3) is 0.294. The molecular weight excluding hydrogens is 310 g/mol. The van der Waals surface area contributed by atoms with Gasteiger partial charge in [0.25, 0.3) is 5.56 Å². The van der Waals surface area contributed by atoms with Gasteiger partial charge in [-0.3, -0.25) is 9.36 Å². The number of methoxy groups -OCH3 is 1. The van der Waals surface area contributed by atoms with E-state index in [1.54, 1.807) is 26.2 Å². The van der Waals surface area contributed by atoms with Crippen LogP contribution in [0.2, 0.25) is 0 Å². The van der Waals surface area contributed by atoms with Gasteiger partial charge in [-0.05, 0) is 36.8 Å². The minimum Gasteiger partial charge on any atom is -0.497 e. The summed E-state index contributed by atoms with van der Waals surface area (Å²) in [5.74, 6) is 0.481. The Kier molecular flexibility index (Phi) is 5.45. The Morgan fingerprint density at radius 2 is 2.00 bits per heavy atom. The van der Waals surface area contributed by atoms with Crippen molar-refractivity contribution in [3.63, 3.8) is 0 Å². The number of ether oxygens (including phenoxy) is 1. The van der Waals surface area contributed by atoms with Crippen LogP contribution in [0.3, 0.4) is 0 Å². The Balaban J connectivity index is 2.36. The molecule has 0 spiro atoms. The Bertz CT molecular complexity index is 820. The molecule has 2 rings (SSSR count). The summed E-state index contributed by atoms with van der Waals surface area (Å²) < 4.78 is 6.10. The number of aliphatic hydroxyl groups is 1. The molecule has 1 aromatic carbocycles. The first-order valence-corrected chi connectivity index (χ1v) is 7.37. The molecule has 0 atom stereocenters. The normalized spacial score (nSPS) is 10.2. The van der Waals surface area contributed by atoms with Gasteiger partial charge in [-0.1, -0.05) is 0 Å². The highest BCUT2D eigenvalue weighted by molar-refractivity contribution is 5.50. The van der Waals surface area contributed by atoms with Gasteiger partial charge in [0, 0.05) is 17.8 Å². The standard InChI is InChI=1S/C17H19N3O4/c1-11-14(9-18)16(22)20(7-8-21)17(23)15(11)10-19-12-3-5-13(24-2)6-4-12/h3-6,19,21,23H,7-8,10H2,1-2H3. The zero-order valence-electron chi connectivity index (χ0n) is 13.5. The fourth-order valence-electron chi connectivity index (χ4n) is 2.42. The molecule has 7 heteroatoms. The Hall–Kier alpha value is -2.98. The molecule has 0 aliphatic heterocycles. The maximum Gasteiger partial charge on any atom is 0.271 e. The topological polar surface area (TPSA) is 108 Å². The second-order valence-corrected chi connectivity index (χ2v) is 5.18. The number of pyridine rings is 1. The summed E-state index contributed by atoms with van der Waals surface area (Å²) in [5, 5.41) is 31.8. The van der Waals surface area contributed by atoms with Crippen LogP contribution in [0.4, 0.5) is 5.69 Å². The number of aromatic nitrogens is 1. The first kappa shape index (κ1) is 17.4. The summed E-state index contributed by atoms with van der Waals surface area (Å²) in [7, 11) is 1.58. The summed E-state index contributed by atoms with van der Waals surface area (Å²) >= 11 is 0. The largest absolute Gasteiger partial charge is 0.497 e. The maximum absolute atomic E-state index is 12.2.